The molecule has 0 unspecified atom stereocenters. The van der Waals surface area contributed by atoms with Gasteiger partial charge in [-0.05, 0) is 24.6 Å². The van der Waals surface area contributed by atoms with Crippen LogP contribution >= 0.6 is 11.3 Å². The summed E-state index contributed by atoms with van der Waals surface area (Å²) >= 11 is 1.52. The molecule has 36 heavy (non-hydrogen) atoms. The summed E-state index contributed by atoms with van der Waals surface area (Å²) < 4.78 is 34.0. The molecule has 0 atom stereocenters. The summed E-state index contributed by atoms with van der Waals surface area (Å²) in [6.45, 7) is -0.711. The van der Waals surface area contributed by atoms with Gasteiger partial charge in [-0.3, -0.25) is 14.8 Å². The van der Waals surface area contributed by atoms with E-state index in [-0.39, 0.29) is 28.8 Å². The first-order chi connectivity index (χ1) is 17.3. The monoisotopic (exact) mass is 516 g/mol. The molecule has 1 aromatic carbocycles. The van der Waals surface area contributed by atoms with Gasteiger partial charge in [-0.1, -0.05) is 0 Å². The average molecular weight is 517 g/mol. The van der Waals surface area contributed by atoms with E-state index in [0.29, 0.717) is 37.6 Å². The predicted octanol–water partition coefficient (Wildman–Crippen LogP) is 4.10. The summed E-state index contributed by atoms with van der Waals surface area (Å²) in [5.41, 5.74) is 2.06. The lowest BCUT2D eigenvalue weighted by Gasteiger charge is -2.34. The molecule has 1 aliphatic rings. The van der Waals surface area contributed by atoms with Crippen LogP contribution in [0.3, 0.4) is 0 Å². The number of rotatable bonds is 7. The molecule has 4 heterocycles. The van der Waals surface area contributed by atoms with Crippen LogP contribution in [-0.4, -0.2) is 69.4 Å². The van der Waals surface area contributed by atoms with Crippen LogP contribution in [0.25, 0.3) is 21.6 Å². The topological polar surface area (TPSA) is 114 Å². The molecular weight excluding hydrogens is 494 g/mol. The van der Waals surface area contributed by atoms with Crippen molar-refractivity contribution in [3.8, 4) is 17.1 Å². The van der Waals surface area contributed by atoms with Crippen LogP contribution in [0.4, 0.5) is 31.8 Å². The molecule has 0 spiro atoms. The summed E-state index contributed by atoms with van der Waals surface area (Å²) in [5.74, 6) is -0.180. The van der Waals surface area contributed by atoms with Crippen LogP contribution in [0.5, 0.6) is 5.75 Å². The van der Waals surface area contributed by atoms with E-state index in [1.54, 1.807) is 15.6 Å². The third-order valence-corrected chi connectivity index (χ3v) is 6.85. The Bertz CT molecular complexity index is 1420. The number of piperazine rings is 1. The number of alkyl halides is 2. The molecule has 5 rings (SSSR count). The summed E-state index contributed by atoms with van der Waals surface area (Å²) in [7, 11) is 3.78. The lowest BCUT2D eigenvalue weighted by molar-refractivity contribution is -0.384. The fourth-order valence-electron chi connectivity index (χ4n) is 4.12. The van der Waals surface area contributed by atoms with Gasteiger partial charge < -0.3 is 19.9 Å². The number of anilines is 3. The van der Waals surface area contributed by atoms with E-state index in [0.717, 1.165) is 10.2 Å². The molecule has 1 saturated heterocycles. The van der Waals surface area contributed by atoms with Crippen molar-refractivity contribution in [3.63, 3.8) is 0 Å². The van der Waals surface area contributed by atoms with Gasteiger partial charge in [-0.25, -0.2) is 9.97 Å². The van der Waals surface area contributed by atoms with E-state index in [1.165, 1.54) is 29.7 Å². The summed E-state index contributed by atoms with van der Waals surface area (Å²) in [6.07, 6.45) is 1.50. The van der Waals surface area contributed by atoms with Gasteiger partial charge >= 0.3 is 6.61 Å². The number of nitro groups is 1. The summed E-state index contributed by atoms with van der Waals surface area (Å²) in [6, 6.07) is 6.09. The SMILES string of the molecule is CN1CCN(c2cc(OC(F)F)c(Nc3nccc(-c4nn(C)c5ccsc45)n3)cc2[N+](=O)[O-])CC1. The number of aryl methyl sites for hydroxylation is 1. The van der Waals surface area contributed by atoms with Crippen molar-refractivity contribution in [1.82, 2.24) is 24.6 Å². The third kappa shape index (κ3) is 4.64. The van der Waals surface area contributed by atoms with Crippen LogP contribution in [0.2, 0.25) is 0 Å². The van der Waals surface area contributed by atoms with Crippen LogP contribution in [0.15, 0.2) is 35.8 Å². The van der Waals surface area contributed by atoms with Crippen LogP contribution in [0.1, 0.15) is 0 Å². The van der Waals surface area contributed by atoms with E-state index in [1.807, 2.05) is 25.5 Å². The zero-order valence-electron chi connectivity index (χ0n) is 19.4. The van der Waals surface area contributed by atoms with Gasteiger partial charge in [0.2, 0.25) is 5.95 Å². The van der Waals surface area contributed by atoms with Crippen molar-refractivity contribution in [3.05, 3.63) is 46.0 Å². The highest BCUT2D eigenvalue weighted by atomic mass is 32.1. The number of nitrogens with zero attached hydrogens (tertiary/aromatic N) is 7. The summed E-state index contributed by atoms with van der Waals surface area (Å²) in [5, 5.41) is 21.2. The second-order valence-corrected chi connectivity index (χ2v) is 9.18. The number of nitrogens with one attached hydrogen (secondary N) is 1. The Morgan fingerprint density at radius 3 is 2.69 bits per heavy atom. The minimum atomic E-state index is -3.12. The van der Waals surface area contributed by atoms with Crippen molar-refractivity contribution >= 4 is 44.6 Å². The molecule has 1 fully saturated rings. The highest BCUT2D eigenvalue weighted by Gasteiger charge is 2.27. The van der Waals surface area contributed by atoms with Crippen molar-refractivity contribution in [2.45, 2.75) is 6.61 Å². The Labute approximate surface area is 208 Å². The number of aromatic nitrogens is 4. The first-order valence-electron chi connectivity index (χ1n) is 11.0. The number of hydrogen-bond acceptors (Lipinski definition) is 10. The van der Waals surface area contributed by atoms with Crippen LogP contribution < -0.4 is 15.0 Å². The maximum Gasteiger partial charge on any atom is 0.387 e. The highest BCUT2D eigenvalue weighted by Crippen LogP contribution is 2.40. The van der Waals surface area contributed by atoms with E-state index in [9.17, 15) is 18.9 Å². The number of ether oxygens (including phenoxy) is 1. The fraction of sp³-hybridized carbons (Fsp3) is 0.318. The minimum Gasteiger partial charge on any atom is -0.433 e. The van der Waals surface area contributed by atoms with Crippen molar-refractivity contribution in [1.29, 1.82) is 0 Å². The molecule has 3 aromatic heterocycles. The smallest absolute Gasteiger partial charge is 0.387 e. The predicted molar refractivity (Wildman–Crippen MR) is 132 cm³/mol. The molecule has 0 saturated carbocycles. The number of likely N-dealkylation sites (N-methyl/N-ethyl adjacent to an activating group) is 1. The molecule has 0 bridgehead atoms. The molecule has 14 heteroatoms. The number of hydrogen-bond donors (Lipinski definition) is 1. The Morgan fingerprint density at radius 1 is 1.19 bits per heavy atom. The normalized spacial score (nSPS) is 14.5. The molecule has 1 aliphatic heterocycles. The second-order valence-electron chi connectivity index (χ2n) is 8.26. The zero-order chi connectivity index (χ0) is 25.4. The molecular formula is C22H22F2N8O3S. The van der Waals surface area contributed by atoms with Crippen LogP contribution in [-0.2, 0) is 7.05 Å². The maximum absolute atomic E-state index is 13.3. The number of nitro benzene ring substituents is 1. The molecule has 0 aliphatic carbocycles. The van der Waals surface area contributed by atoms with Crippen molar-refractivity contribution in [2.24, 2.45) is 7.05 Å². The average Bonchev–Trinajstić information content (AvgIpc) is 3.44. The van der Waals surface area contributed by atoms with E-state index in [2.05, 4.69) is 25.3 Å². The van der Waals surface area contributed by atoms with Crippen LogP contribution in [0, 0.1) is 10.1 Å². The lowest BCUT2D eigenvalue weighted by Crippen LogP contribution is -2.44. The van der Waals surface area contributed by atoms with Crippen molar-refractivity contribution in [2.75, 3.05) is 43.4 Å². The van der Waals surface area contributed by atoms with Gasteiger partial charge in [-0.15, -0.1) is 11.3 Å². The Kier molecular flexibility index (Phi) is 6.36. The molecule has 11 nitrogen and oxygen atoms in total. The number of thiophene rings is 1. The molecule has 1 N–H and O–H groups in total. The maximum atomic E-state index is 13.3. The largest absolute Gasteiger partial charge is 0.433 e. The van der Waals surface area contributed by atoms with Gasteiger partial charge in [0.05, 0.1) is 26.5 Å². The first-order valence-corrected chi connectivity index (χ1v) is 11.9. The van der Waals surface area contributed by atoms with Crippen molar-refractivity contribution < 1.29 is 18.4 Å². The molecule has 0 radical (unpaired) electrons. The standard InChI is InChI=1S/C22H22F2N8O3S/c1-29-6-8-31(9-7-29)16-12-18(35-21(23)24)14(11-17(16)32(33)34)27-22-25-5-3-13(26-22)19-20-15(4-10-36-20)30(2)28-19/h3-5,10-12,21H,6-9H2,1-2H3,(H,25,26,27). The van der Waals surface area contributed by atoms with Gasteiger partial charge in [0.15, 0.2) is 5.75 Å². The van der Waals surface area contributed by atoms with E-state index in [4.69, 9.17) is 4.74 Å². The zero-order valence-corrected chi connectivity index (χ0v) is 20.2. The first kappa shape index (κ1) is 23.8. The third-order valence-electron chi connectivity index (χ3n) is 5.94. The minimum absolute atomic E-state index is 0.0423. The molecule has 0 amide bonds. The van der Waals surface area contributed by atoms with E-state index >= 15 is 0 Å². The number of halogens is 2. The number of fused-ring (bicyclic) bond motifs is 1. The lowest BCUT2D eigenvalue weighted by atomic mass is 10.1. The van der Waals surface area contributed by atoms with Gasteiger partial charge in [0, 0.05) is 51.6 Å². The Morgan fingerprint density at radius 2 is 1.97 bits per heavy atom. The molecule has 188 valence electrons. The summed E-state index contributed by atoms with van der Waals surface area (Å²) in [4.78, 5) is 23.9. The second kappa shape index (κ2) is 9.62. The van der Waals surface area contributed by atoms with Gasteiger partial charge in [0.1, 0.15) is 11.4 Å². The van der Waals surface area contributed by atoms with Gasteiger partial charge in [-0.2, -0.15) is 13.9 Å². The molecule has 4 aromatic rings. The number of benzene rings is 1. The quantitative estimate of drug-likeness (QED) is 0.286. The van der Waals surface area contributed by atoms with E-state index < -0.39 is 11.5 Å². The fourth-order valence-corrected chi connectivity index (χ4v) is 5.03. The van der Waals surface area contributed by atoms with Gasteiger partial charge in [0.25, 0.3) is 5.69 Å². The Balaban J connectivity index is 1.53. The highest BCUT2D eigenvalue weighted by molar-refractivity contribution is 7.17. The Hall–Kier alpha value is -3.91.